The zero-order valence-corrected chi connectivity index (χ0v) is 17.0. The average Bonchev–Trinajstić information content (AvgIpc) is 3.15. The van der Waals surface area contributed by atoms with Crippen LogP contribution < -0.4 is 0 Å². The molecule has 26 heavy (non-hydrogen) atoms. The lowest BCUT2D eigenvalue weighted by atomic mass is 9.61. The molecule has 1 aliphatic carbocycles. The molecule has 0 amide bonds. The number of alkyl halides is 2. The van der Waals surface area contributed by atoms with Gasteiger partial charge in [-0.25, -0.2) is 0 Å². The normalized spacial score (nSPS) is 38.9. The van der Waals surface area contributed by atoms with Crippen LogP contribution in [0.1, 0.15) is 25.3 Å². The van der Waals surface area contributed by atoms with Gasteiger partial charge >= 0.3 is 5.97 Å². The van der Waals surface area contributed by atoms with Gasteiger partial charge in [0.2, 0.25) is 0 Å². The molecule has 1 N–H and O–H groups in total. The quantitative estimate of drug-likeness (QED) is 0.583. The number of esters is 1. The van der Waals surface area contributed by atoms with Crippen molar-refractivity contribution in [3.8, 4) is 0 Å². The highest BCUT2D eigenvalue weighted by molar-refractivity contribution is 9.09. The lowest BCUT2D eigenvalue weighted by Gasteiger charge is -2.59. The summed E-state index contributed by atoms with van der Waals surface area (Å²) < 4.78 is 5.73. The van der Waals surface area contributed by atoms with Gasteiger partial charge in [-0.3, -0.25) is 9.69 Å². The van der Waals surface area contributed by atoms with Crippen LogP contribution in [-0.4, -0.2) is 50.8 Å². The monoisotopic (exact) mass is 436 g/mol. The fraction of sp³-hybridized carbons (Fsp3) is 0.550. The van der Waals surface area contributed by atoms with Crippen LogP contribution in [0.5, 0.6) is 0 Å². The van der Waals surface area contributed by atoms with Gasteiger partial charge < -0.3 is 9.72 Å². The van der Waals surface area contributed by atoms with Gasteiger partial charge in [-0.05, 0) is 30.9 Å². The minimum absolute atomic E-state index is 0.00641. The SMILES string of the molecule is CCC12CN(CCc3c[nH]c4ccccc34)C3C(OC(=O)C3(Cl)C1)C2Br. The summed E-state index contributed by atoms with van der Waals surface area (Å²) in [5.41, 5.74) is 2.47. The summed E-state index contributed by atoms with van der Waals surface area (Å²) >= 11 is 10.7. The second-order valence-corrected chi connectivity index (χ2v) is 9.71. The van der Waals surface area contributed by atoms with Crippen molar-refractivity contribution in [3.05, 3.63) is 36.0 Å². The predicted molar refractivity (Wildman–Crippen MR) is 106 cm³/mol. The van der Waals surface area contributed by atoms with E-state index < -0.39 is 4.87 Å². The predicted octanol–water partition coefficient (Wildman–Crippen LogP) is 3.86. The molecule has 3 aliphatic heterocycles. The number of carbonyl (C=O) groups is 1. The number of aromatic amines is 1. The molecule has 1 aromatic carbocycles. The molecule has 4 nitrogen and oxygen atoms in total. The van der Waals surface area contributed by atoms with E-state index in [2.05, 4.69) is 57.1 Å². The molecular weight excluding hydrogens is 416 g/mol. The van der Waals surface area contributed by atoms with Gasteiger partial charge in [-0.15, -0.1) is 11.6 Å². The lowest BCUT2D eigenvalue weighted by Crippen LogP contribution is -2.72. The molecule has 5 atom stereocenters. The first kappa shape index (κ1) is 17.1. The van der Waals surface area contributed by atoms with E-state index in [9.17, 15) is 4.79 Å². The number of fused-ring (bicyclic) bond motifs is 2. The van der Waals surface area contributed by atoms with Gasteiger partial charge in [0.25, 0.3) is 0 Å². The van der Waals surface area contributed by atoms with E-state index >= 15 is 0 Å². The third-order valence-corrected chi connectivity index (χ3v) is 8.81. The summed E-state index contributed by atoms with van der Waals surface area (Å²) in [5, 5.41) is 1.27. The fourth-order valence-electron chi connectivity index (χ4n) is 5.42. The van der Waals surface area contributed by atoms with E-state index in [-0.39, 0.29) is 28.4 Å². The van der Waals surface area contributed by atoms with Gasteiger partial charge in [-0.2, -0.15) is 0 Å². The molecule has 0 spiro atoms. The number of piperidine rings is 2. The number of nitrogens with zero attached hydrogens (tertiary/aromatic N) is 1. The Morgan fingerprint density at radius 2 is 2.23 bits per heavy atom. The third kappa shape index (κ3) is 2.14. The number of nitrogens with one attached hydrogen (secondary N) is 1. The van der Waals surface area contributed by atoms with Crippen molar-refractivity contribution in [1.82, 2.24) is 9.88 Å². The Labute approximate surface area is 166 Å². The minimum atomic E-state index is -0.886. The first-order valence-electron chi connectivity index (χ1n) is 9.32. The van der Waals surface area contributed by atoms with E-state index in [1.165, 1.54) is 16.5 Å². The van der Waals surface area contributed by atoms with Crippen molar-refractivity contribution in [1.29, 1.82) is 0 Å². The highest BCUT2D eigenvalue weighted by Crippen LogP contribution is 2.60. The number of aromatic nitrogens is 1. The first-order chi connectivity index (χ1) is 12.5. The van der Waals surface area contributed by atoms with Crippen molar-refractivity contribution < 1.29 is 9.53 Å². The Morgan fingerprint density at radius 3 is 3.04 bits per heavy atom. The maximum absolute atomic E-state index is 12.5. The van der Waals surface area contributed by atoms with Crippen molar-refractivity contribution in [2.75, 3.05) is 13.1 Å². The van der Waals surface area contributed by atoms with Crippen molar-refractivity contribution in [3.63, 3.8) is 0 Å². The van der Waals surface area contributed by atoms with Gasteiger partial charge in [0.1, 0.15) is 6.10 Å². The maximum Gasteiger partial charge on any atom is 0.329 e. The van der Waals surface area contributed by atoms with E-state index in [1.54, 1.807) is 0 Å². The maximum atomic E-state index is 12.5. The first-order valence-corrected chi connectivity index (χ1v) is 10.6. The second-order valence-electron chi connectivity index (χ2n) is 8.05. The summed E-state index contributed by atoms with van der Waals surface area (Å²) in [7, 11) is 0. The Morgan fingerprint density at radius 1 is 1.42 bits per heavy atom. The van der Waals surface area contributed by atoms with Crippen molar-refractivity contribution >= 4 is 44.4 Å². The van der Waals surface area contributed by atoms with Crippen LogP contribution in [0.4, 0.5) is 0 Å². The Bertz CT molecular complexity index is 886. The fourth-order valence-corrected chi connectivity index (χ4v) is 7.02. The number of H-pyrrole nitrogens is 1. The molecule has 2 aromatic rings. The summed E-state index contributed by atoms with van der Waals surface area (Å²) in [6, 6.07) is 8.34. The number of carbonyl (C=O) groups excluding carboxylic acids is 1. The molecular formula is C20H22BrClN2O2. The van der Waals surface area contributed by atoms with E-state index in [0.717, 1.165) is 25.9 Å². The average molecular weight is 438 g/mol. The molecule has 138 valence electrons. The van der Waals surface area contributed by atoms with Gasteiger partial charge in [0.15, 0.2) is 4.87 Å². The molecule has 4 fully saturated rings. The number of benzene rings is 1. The Balaban J connectivity index is 1.44. The van der Waals surface area contributed by atoms with E-state index in [1.807, 2.05) is 6.07 Å². The molecule has 6 heteroatoms. The molecule has 3 saturated heterocycles. The van der Waals surface area contributed by atoms with Crippen LogP contribution >= 0.6 is 27.5 Å². The second kappa shape index (κ2) is 5.73. The summed E-state index contributed by atoms with van der Waals surface area (Å²) in [6.45, 7) is 4.05. The number of hydrogen-bond acceptors (Lipinski definition) is 3. The third-order valence-electron chi connectivity index (χ3n) is 6.80. The molecule has 4 heterocycles. The molecule has 1 saturated carbocycles. The van der Waals surface area contributed by atoms with E-state index in [4.69, 9.17) is 16.3 Å². The number of rotatable bonds is 4. The van der Waals surface area contributed by atoms with Crippen LogP contribution in [0.3, 0.4) is 0 Å². The Kier molecular flexibility index (Phi) is 3.76. The molecule has 0 radical (unpaired) electrons. The number of halogens is 2. The van der Waals surface area contributed by atoms with Crippen LogP contribution in [0, 0.1) is 5.41 Å². The molecule has 5 unspecified atom stereocenters. The standard InChI is InChI=1S/C20H22BrClN2O2/c1-2-19-10-20(22)17(15(16(19)21)26-18(20)25)24(11-19)8-7-12-9-23-14-6-4-3-5-13(12)14/h3-6,9,15-17,23H,2,7-8,10-11H2,1H3. The molecule has 4 bridgehead atoms. The highest BCUT2D eigenvalue weighted by atomic mass is 79.9. The van der Waals surface area contributed by atoms with Gasteiger partial charge in [0, 0.05) is 35.6 Å². The van der Waals surface area contributed by atoms with Crippen molar-refractivity contribution in [2.45, 2.75) is 48.0 Å². The number of ether oxygens (including phenoxy) is 1. The van der Waals surface area contributed by atoms with Crippen LogP contribution in [-0.2, 0) is 16.0 Å². The molecule has 4 aliphatic rings. The highest BCUT2D eigenvalue weighted by Gasteiger charge is 2.72. The molecule has 6 rings (SSSR count). The lowest BCUT2D eigenvalue weighted by molar-refractivity contribution is -0.142. The Hall–Kier alpha value is -1.04. The topological polar surface area (TPSA) is 45.3 Å². The summed E-state index contributed by atoms with van der Waals surface area (Å²) in [5.74, 6) is -0.231. The largest absolute Gasteiger partial charge is 0.458 e. The summed E-state index contributed by atoms with van der Waals surface area (Å²) in [6.07, 6.45) is 4.58. The summed E-state index contributed by atoms with van der Waals surface area (Å²) in [4.78, 5) is 17.6. The zero-order valence-electron chi connectivity index (χ0n) is 14.7. The smallest absolute Gasteiger partial charge is 0.329 e. The van der Waals surface area contributed by atoms with Crippen molar-refractivity contribution in [2.24, 2.45) is 5.41 Å². The van der Waals surface area contributed by atoms with Gasteiger partial charge in [0.05, 0.1) is 10.9 Å². The van der Waals surface area contributed by atoms with Crippen LogP contribution in [0.2, 0.25) is 0 Å². The zero-order chi connectivity index (χ0) is 18.1. The van der Waals surface area contributed by atoms with Gasteiger partial charge in [-0.1, -0.05) is 41.1 Å². The van der Waals surface area contributed by atoms with Crippen LogP contribution in [0.25, 0.3) is 10.9 Å². The minimum Gasteiger partial charge on any atom is -0.458 e. The number of para-hydroxylation sites is 1. The molecule has 1 aromatic heterocycles. The van der Waals surface area contributed by atoms with Crippen LogP contribution in [0.15, 0.2) is 30.5 Å². The van der Waals surface area contributed by atoms with E-state index in [0.29, 0.717) is 6.42 Å². The number of hydrogen-bond donors (Lipinski definition) is 1.